The first-order chi connectivity index (χ1) is 22.6. The monoisotopic (exact) mass is 712 g/mol. The van der Waals surface area contributed by atoms with Gasteiger partial charge in [0.2, 0.25) is 10.8 Å². The summed E-state index contributed by atoms with van der Waals surface area (Å²) in [5.74, 6) is -0.855. The third-order valence-corrected chi connectivity index (χ3v) is 17.9. The standard InChI is InChI=1S/C31H32N6O6S4/c1-34(11-12-38)24(41)29-14-27(17-7-3-5-9-19(17)32-22(27)36(29)21(40)13-44-45-29)28-15-30-25(42)35(2)31(16-39,47-46-30)26(43)37(30)23(28)33-20-10-6-4-8-18(20)28/h3-10,22-23,32-33,38-39H,11-16H2,1-2H3/t22-,23-,27+,28+,29+,30+,31?/m1/s1. The summed E-state index contributed by atoms with van der Waals surface area (Å²) in [4.78, 5) is 60.4. The summed E-state index contributed by atoms with van der Waals surface area (Å²) in [5.41, 5.74) is 1.50. The summed E-state index contributed by atoms with van der Waals surface area (Å²) in [7, 11) is 8.54. The van der Waals surface area contributed by atoms with Crippen LogP contribution in [0.1, 0.15) is 24.0 Å². The van der Waals surface area contributed by atoms with Crippen molar-refractivity contribution in [2.24, 2.45) is 0 Å². The average molecular weight is 713 g/mol. The van der Waals surface area contributed by atoms with Crippen molar-refractivity contribution in [3.63, 3.8) is 0 Å². The van der Waals surface area contributed by atoms with Gasteiger partial charge in [0.1, 0.15) is 12.3 Å². The Balaban J connectivity index is 1.35. The van der Waals surface area contributed by atoms with Crippen LogP contribution in [0.3, 0.4) is 0 Å². The number of rotatable bonds is 5. The van der Waals surface area contributed by atoms with E-state index in [4.69, 9.17) is 0 Å². The molecule has 12 nitrogen and oxygen atoms in total. The molecule has 0 radical (unpaired) electrons. The number of hydrogen-bond acceptors (Lipinski definition) is 12. The number of carbonyl (C=O) groups is 4. The molecule has 6 saturated heterocycles. The fraction of sp³-hybridized carbons (Fsp3) is 0.484. The molecule has 2 aromatic carbocycles. The number of nitrogens with one attached hydrogen (secondary N) is 2. The molecule has 0 saturated carbocycles. The van der Waals surface area contributed by atoms with E-state index in [0.717, 1.165) is 22.5 Å². The van der Waals surface area contributed by atoms with E-state index >= 15 is 0 Å². The van der Waals surface area contributed by atoms with Crippen LogP contribution < -0.4 is 10.6 Å². The molecule has 4 N–H and O–H groups in total. The van der Waals surface area contributed by atoms with Gasteiger partial charge < -0.3 is 30.6 Å². The first-order valence-corrected chi connectivity index (χ1v) is 19.9. The lowest BCUT2D eigenvalue weighted by Crippen LogP contribution is -2.77. The van der Waals surface area contributed by atoms with Gasteiger partial charge in [-0.3, -0.25) is 29.0 Å². The van der Waals surface area contributed by atoms with Crippen LogP contribution in [0.25, 0.3) is 0 Å². The van der Waals surface area contributed by atoms with E-state index in [0.29, 0.717) is 0 Å². The second-order valence-corrected chi connectivity index (χ2v) is 18.5. The zero-order valence-electron chi connectivity index (χ0n) is 25.5. The maximum Gasteiger partial charge on any atom is 0.265 e. The van der Waals surface area contributed by atoms with E-state index in [1.807, 2.05) is 48.5 Å². The number of fused-ring (bicyclic) bond motifs is 11. The molecule has 6 fully saturated rings. The number of nitrogens with zero attached hydrogens (tertiary/aromatic N) is 4. The number of hydrogen-bond donors (Lipinski definition) is 4. The zero-order valence-corrected chi connectivity index (χ0v) is 28.7. The van der Waals surface area contributed by atoms with E-state index in [9.17, 15) is 29.4 Å². The highest BCUT2D eigenvalue weighted by Crippen LogP contribution is 2.77. The Bertz CT molecular complexity index is 1800. The van der Waals surface area contributed by atoms with Gasteiger partial charge in [-0.15, -0.1) is 0 Å². The van der Waals surface area contributed by atoms with Crippen molar-refractivity contribution in [1.82, 2.24) is 19.6 Å². The molecule has 16 heteroatoms. The highest BCUT2D eigenvalue weighted by molar-refractivity contribution is 8.78. The van der Waals surface area contributed by atoms with Crippen LogP contribution in [0.15, 0.2) is 48.5 Å². The minimum absolute atomic E-state index is 0.108. The van der Waals surface area contributed by atoms with Gasteiger partial charge in [-0.2, -0.15) is 0 Å². The van der Waals surface area contributed by atoms with Crippen LogP contribution in [0.2, 0.25) is 0 Å². The topological polar surface area (TPSA) is 146 Å². The lowest BCUT2D eigenvalue weighted by molar-refractivity contribution is -0.166. The molecule has 8 aliphatic rings. The molecule has 246 valence electrons. The fourth-order valence-corrected chi connectivity index (χ4v) is 16.2. The molecule has 2 bridgehead atoms. The summed E-state index contributed by atoms with van der Waals surface area (Å²) in [6, 6.07) is 15.8. The fourth-order valence-electron chi connectivity index (χ4n) is 9.59. The van der Waals surface area contributed by atoms with Crippen molar-refractivity contribution in [3.8, 4) is 0 Å². The summed E-state index contributed by atoms with van der Waals surface area (Å²) in [6.45, 7) is -0.648. The SMILES string of the molecule is CN(CCO)C(=O)[C@@]12C[C@]3([C@]45C[C@@]67SSC(CO)(C(=O)N6[C@H]4Nc4ccccc45)N(C)C7=O)c4ccccc4N[C@@H]3N1C(=O)CSS2. The second-order valence-electron chi connectivity index (χ2n) is 13.3. The van der Waals surface area contributed by atoms with Gasteiger partial charge in [-0.05, 0) is 34.1 Å². The Hall–Kier alpha value is -2.76. The summed E-state index contributed by atoms with van der Waals surface area (Å²) < 4.78 is 0. The minimum Gasteiger partial charge on any atom is -0.395 e. The van der Waals surface area contributed by atoms with Gasteiger partial charge in [0.05, 0.1) is 29.8 Å². The van der Waals surface area contributed by atoms with Crippen LogP contribution in [-0.2, 0) is 30.0 Å². The lowest BCUT2D eigenvalue weighted by Gasteiger charge is -2.57. The van der Waals surface area contributed by atoms with Crippen molar-refractivity contribution < 1.29 is 29.4 Å². The molecule has 47 heavy (non-hydrogen) atoms. The summed E-state index contributed by atoms with van der Waals surface area (Å²) >= 11 is 0. The number of aliphatic hydroxyl groups is 2. The second kappa shape index (κ2) is 9.69. The first-order valence-electron chi connectivity index (χ1n) is 15.4. The molecule has 1 unspecified atom stereocenters. The molecule has 8 heterocycles. The molecular formula is C31H32N6O6S4. The number of likely N-dealkylation sites (N-methyl/N-ethyl adjacent to an activating group) is 2. The number of carbonyl (C=O) groups excluding carboxylic acids is 4. The first kappa shape index (κ1) is 30.3. The van der Waals surface area contributed by atoms with E-state index in [-0.39, 0.29) is 55.4 Å². The van der Waals surface area contributed by atoms with Crippen molar-refractivity contribution in [2.75, 3.05) is 50.2 Å². The predicted octanol–water partition coefficient (Wildman–Crippen LogP) is 1.62. The Kier molecular flexibility index (Phi) is 6.25. The van der Waals surface area contributed by atoms with Crippen molar-refractivity contribution in [2.45, 2.75) is 50.6 Å². The molecule has 0 aliphatic carbocycles. The van der Waals surface area contributed by atoms with Gasteiger partial charge >= 0.3 is 0 Å². The van der Waals surface area contributed by atoms with Gasteiger partial charge in [0.15, 0.2) is 9.74 Å². The van der Waals surface area contributed by atoms with E-state index < -0.39 is 44.4 Å². The average Bonchev–Trinajstić information content (AvgIpc) is 3.76. The van der Waals surface area contributed by atoms with E-state index in [1.54, 1.807) is 23.9 Å². The largest absolute Gasteiger partial charge is 0.395 e. The maximum atomic E-state index is 14.7. The Morgan fingerprint density at radius 3 is 2.15 bits per heavy atom. The highest BCUT2D eigenvalue weighted by atomic mass is 33.1. The van der Waals surface area contributed by atoms with Crippen LogP contribution in [0.5, 0.6) is 0 Å². The number of anilines is 2. The Morgan fingerprint density at radius 1 is 0.894 bits per heavy atom. The van der Waals surface area contributed by atoms with Crippen molar-refractivity contribution in [3.05, 3.63) is 59.7 Å². The molecule has 2 aromatic rings. The molecule has 1 spiro atoms. The molecule has 8 aliphatic heterocycles. The van der Waals surface area contributed by atoms with E-state index in [1.165, 1.54) is 53.0 Å². The third kappa shape index (κ3) is 3.17. The van der Waals surface area contributed by atoms with Crippen LogP contribution in [-0.4, -0.2) is 120 Å². The molecule has 0 aromatic heterocycles. The quantitative estimate of drug-likeness (QED) is 0.335. The lowest BCUT2D eigenvalue weighted by atomic mass is 9.54. The number of benzene rings is 2. The van der Waals surface area contributed by atoms with E-state index in [2.05, 4.69) is 10.6 Å². The van der Waals surface area contributed by atoms with Gasteiger partial charge in [0, 0.05) is 44.9 Å². The Morgan fingerprint density at radius 2 is 1.51 bits per heavy atom. The number of amides is 4. The van der Waals surface area contributed by atoms with Gasteiger partial charge in [-0.1, -0.05) is 68.8 Å². The van der Waals surface area contributed by atoms with Crippen LogP contribution >= 0.6 is 43.2 Å². The normalized spacial score (nSPS) is 38.7. The van der Waals surface area contributed by atoms with Gasteiger partial charge in [0.25, 0.3) is 17.7 Å². The molecular weight excluding hydrogens is 681 g/mol. The van der Waals surface area contributed by atoms with Gasteiger partial charge in [-0.25, -0.2) is 0 Å². The molecule has 4 amide bonds. The van der Waals surface area contributed by atoms with Crippen LogP contribution in [0.4, 0.5) is 11.4 Å². The van der Waals surface area contributed by atoms with Crippen molar-refractivity contribution in [1.29, 1.82) is 0 Å². The predicted molar refractivity (Wildman–Crippen MR) is 182 cm³/mol. The molecule has 7 atom stereocenters. The zero-order chi connectivity index (χ0) is 32.7. The highest BCUT2D eigenvalue weighted by Gasteiger charge is 2.85. The smallest absolute Gasteiger partial charge is 0.265 e. The molecule has 10 rings (SSSR count). The summed E-state index contributed by atoms with van der Waals surface area (Å²) in [5, 5.41) is 27.8. The van der Waals surface area contributed by atoms with Crippen LogP contribution in [0, 0.1) is 0 Å². The maximum absolute atomic E-state index is 14.7. The third-order valence-electron chi connectivity index (χ3n) is 11.5. The number of para-hydroxylation sites is 2. The summed E-state index contributed by atoms with van der Waals surface area (Å²) in [6.07, 6.45) is -0.975. The van der Waals surface area contributed by atoms with Crippen molar-refractivity contribution >= 4 is 78.2 Å². The minimum atomic E-state index is -1.47. The number of aliphatic hydroxyl groups excluding tert-OH is 2. The number of piperazine rings is 1. The Labute approximate surface area is 286 Å².